The average Bonchev–Trinajstić information content (AvgIpc) is 2.45. The third kappa shape index (κ3) is 3.71. The van der Waals surface area contributed by atoms with E-state index in [1.54, 1.807) is 0 Å². The summed E-state index contributed by atoms with van der Waals surface area (Å²) in [5, 5.41) is 2.82. The van der Waals surface area contributed by atoms with Crippen LogP contribution in [0.5, 0.6) is 0 Å². The summed E-state index contributed by atoms with van der Waals surface area (Å²) < 4.78 is 37.6. The Morgan fingerprint density at radius 1 is 1.05 bits per heavy atom. The van der Waals surface area contributed by atoms with Crippen molar-refractivity contribution in [2.45, 2.75) is 12.2 Å². The Labute approximate surface area is 114 Å². The minimum atomic E-state index is -4.45. The monoisotopic (exact) mass is 281 g/mol. The lowest BCUT2D eigenvalue weighted by atomic mass is 10.1. The van der Waals surface area contributed by atoms with Crippen LogP contribution < -0.4 is 11.1 Å². The number of alkyl halides is 3. The lowest BCUT2D eigenvalue weighted by Crippen LogP contribution is -2.21. The first-order valence-corrected chi connectivity index (χ1v) is 6.05. The van der Waals surface area contributed by atoms with Gasteiger partial charge in [-0.15, -0.1) is 0 Å². The predicted molar refractivity (Wildman–Crippen MR) is 71.1 cm³/mol. The van der Waals surface area contributed by atoms with Crippen molar-refractivity contribution in [2.75, 3.05) is 11.9 Å². The van der Waals surface area contributed by atoms with Crippen molar-refractivity contribution in [1.82, 2.24) is 4.98 Å². The number of nitrogens with two attached hydrogens (primary N) is 1. The van der Waals surface area contributed by atoms with Gasteiger partial charge < -0.3 is 11.1 Å². The SMILES string of the molecule is NC(CNc1cccc(C(F)(F)F)n1)c1ccccc1. The van der Waals surface area contributed by atoms with Crippen molar-refractivity contribution in [3.63, 3.8) is 0 Å². The highest BCUT2D eigenvalue weighted by molar-refractivity contribution is 5.36. The van der Waals surface area contributed by atoms with Gasteiger partial charge in [0.25, 0.3) is 0 Å². The molecule has 20 heavy (non-hydrogen) atoms. The van der Waals surface area contributed by atoms with Gasteiger partial charge in [-0.3, -0.25) is 0 Å². The van der Waals surface area contributed by atoms with Crippen LogP contribution in [-0.4, -0.2) is 11.5 Å². The van der Waals surface area contributed by atoms with Gasteiger partial charge in [0.2, 0.25) is 0 Å². The van der Waals surface area contributed by atoms with Crippen LogP contribution in [0.25, 0.3) is 0 Å². The fourth-order valence-electron chi connectivity index (χ4n) is 1.72. The van der Waals surface area contributed by atoms with Crippen LogP contribution >= 0.6 is 0 Å². The first-order valence-electron chi connectivity index (χ1n) is 6.05. The minimum Gasteiger partial charge on any atom is -0.368 e. The molecule has 0 amide bonds. The van der Waals surface area contributed by atoms with Crippen LogP contribution in [0.4, 0.5) is 19.0 Å². The first kappa shape index (κ1) is 14.3. The molecule has 2 rings (SSSR count). The van der Waals surface area contributed by atoms with Crippen molar-refractivity contribution in [2.24, 2.45) is 5.73 Å². The summed E-state index contributed by atoms with van der Waals surface area (Å²) in [5.41, 5.74) is 5.94. The molecule has 0 saturated carbocycles. The van der Waals surface area contributed by atoms with Crippen molar-refractivity contribution in [3.8, 4) is 0 Å². The van der Waals surface area contributed by atoms with Crippen LogP contribution in [0.3, 0.4) is 0 Å². The predicted octanol–water partition coefficient (Wildman–Crippen LogP) is 3.21. The lowest BCUT2D eigenvalue weighted by molar-refractivity contribution is -0.141. The maximum Gasteiger partial charge on any atom is 0.433 e. The van der Waals surface area contributed by atoms with Crippen LogP contribution in [0.15, 0.2) is 48.5 Å². The highest BCUT2D eigenvalue weighted by Crippen LogP contribution is 2.28. The standard InChI is InChI=1S/C14H14F3N3/c15-14(16,17)12-7-4-8-13(20-12)19-9-11(18)10-5-2-1-3-6-10/h1-8,11H,9,18H2,(H,19,20). The van der Waals surface area contributed by atoms with E-state index in [1.807, 2.05) is 30.3 Å². The molecular formula is C14H14F3N3. The number of hydrogen-bond donors (Lipinski definition) is 2. The van der Waals surface area contributed by atoms with Crippen LogP contribution in [0.1, 0.15) is 17.3 Å². The second-order valence-electron chi connectivity index (χ2n) is 4.30. The fourth-order valence-corrected chi connectivity index (χ4v) is 1.72. The summed E-state index contributed by atoms with van der Waals surface area (Å²) in [5.74, 6) is 0.159. The maximum absolute atomic E-state index is 12.5. The largest absolute Gasteiger partial charge is 0.433 e. The Morgan fingerprint density at radius 2 is 1.75 bits per heavy atom. The summed E-state index contributed by atoms with van der Waals surface area (Å²) in [6.45, 7) is 0.304. The summed E-state index contributed by atoms with van der Waals surface area (Å²) in [6.07, 6.45) is -4.45. The Hall–Kier alpha value is -2.08. The second-order valence-corrected chi connectivity index (χ2v) is 4.30. The summed E-state index contributed by atoms with van der Waals surface area (Å²) in [6, 6.07) is 12.7. The number of nitrogens with one attached hydrogen (secondary N) is 1. The van der Waals surface area contributed by atoms with Crippen LogP contribution in [-0.2, 0) is 6.18 Å². The fraction of sp³-hybridized carbons (Fsp3) is 0.214. The average molecular weight is 281 g/mol. The van der Waals surface area contributed by atoms with Gasteiger partial charge in [-0.2, -0.15) is 13.2 Å². The molecule has 1 aromatic carbocycles. The second kappa shape index (κ2) is 5.92. The zero-order chi connectivity index (χ0) is 14.6. The van der Waals surface area contributed by atoms with E-state index in [9.17, 15) is 13.2 Å². The van der Waals surface area contributed by atoms with Crippen molar-refractivity contribution in [1.29, 1.82) is 0 Å². The molecule has 106 valence electrons. The Morgan fingerprint density at radius 3 is 2.40 bits per heavy atom. The Bertz CT molecular complexity index is 555. The van der Waals surface area contributed by atoms with E-state index in [1.165, 1.54) is 12.1 Å². The van der Waals surface area contributed by atoms with Gasteiger partial charge in [0.05, 0.1) is 0 Å². The van der Waals surface area contributed by atoms with E-state index in [-0.39, 0.29) is 11.9 Å². The van der Waals surface area contributed by atoms with Gasteiger partial charge in [0.15, 0.2) is 0 Å². The normalized spacial score (nSPS) is 13.0. The van der Waals surface area contributed by atoms with E-state index >= 15 is 0 Å². The van der Waals surface area contributed by atoms with Crippen LogP contribution in [0, 0.1) is 0 Å². The number of hydrogen-bond acceptors (Lipinski definition) is 3. The van der Waals surface area contributed by atoms with Crippen LogP contribution in [0.2, 0.25) is 0 Å². The van der Waals surface area contributed by atoms with E-state index in [0.29, 0.717) is 6.54 Å². The van der Waals surface area contributed by atoms with Crippen molar-refractivity contribution >= 4 is 5.82 Å². The minimum absolute atomic E-state index is 0.159. The molecule has 3 N–H and O–H groups in total. The number of aromatic nitrogens is 1. The molecule has 6 heteroatoms. The first-order chi connectivity index (χ1) is 9.47. The summed E-state index contributed by atoms with van der Waals surface area (Å²) >= 11 is 0. The molecule has 2 aromatic rings. The summed E-state index contributed by atoms with van der Waals surface area (Å²) in [4.78, 5) is 3.52. The quantitative estimate of drug-likeness (QED) is 0.904. The maximum atomic E-state index is 12.5. The molecule has 1 heterocycles. The number of halogens is 3. The zero-order valence-electron chi connectivity index (χ0n) is 10.6. The van der Waals surface area contributed by atoms with E-state index in [2.05, 4.69) is 10.3 Å². The smallest absolute Gasteiger partial charge is 0.368 e. The molecule has 0 bridgehead atoms. The lowest BCUT2D eigenvalue weighted by Gasteiger charge is -2.14. The Balaban J connectivity index is 2.01. The van der Waals surface area contributed by atoms with Gasteiger partial charge >= 0.3 is 6.18 Å². The molecule has 0 spiro atoms. The molecule has 0 aliphatic carbocycles. The topological polar surface area (TPSA) is 50.9 Å². The number of anilines is 1. The summed E-state index contributed by atoms with van der Waals surface area (Å²) in [7, 11) is 0. The van der Waals surface area contributed by atoms with Crippen molar-refractivity contribution in [3.05, 3.63) is 59.8 Å². The zero-order valence-corrected chi connectivity index (χ0v) is 10.6. The number of nitrogens with zero attached hydrogens (tertiary/aromatic N) is 1. The Kier molecular flexibility index (Phi) is 4.24. The van der Waals surface area contributed by atoms with Gasteiger partial charge in [-0.25, -0.2) is 4.98 Å². The molecule has 1 atom stereocenters. The van der Waals surface area contributed by atoms with Gasteiger partial charge in [-0.1, -0.05) is 36.4 Å². The van der Waals surface area contributed by atoms with Gasteiger partial charge in [-0.05, 0) is 17.7 Å². The van der Waals surface area contributed by atoms with Crippen molar-refractivity contribution < 1.29 is 13.2 Å². The molecule has 0 saturated heterocycles. The molecule has 0 radical (unpaired) electrons. The van der Waals surface area contributed by atoms with Gasteiger partial charge in [0, 0.05) is 12.6 Å². The molecule has 1 aromatic heterocycles. The van der Waals surface area contributed by atoms with E-state index in [0.717, 1.165) is 11.6 Å². The molecule has 0 aliphatic rings. The highest BCUT2D eigenvalue weighted by Gasteiger charge is 2.32. The number of benzene rings is 1. The molecule has 1 unspecified atom stereocenters. The highest BCUT2D eigenvalue weighted by atomic mass is 19.4. The number of rotatable bonds is 4. The third-order valence-corrected chi connectivity index (χ3v) is 2.77. The molecular weight excluding hydrogens is 267 g/mol. The third-order valence-electron chi connectivity index (χ3n) is 2.77. The molecule has 0 aliphatic heterocycles. The number of pyridine rings is 1. The van der Waals surface area contributed by atoms with E-state index < -0.39 is 11.9 Å². The van der Waals surface area contributed by atoms with Gasteiger partial charge in [0.1, 0.15) is 11.5 Å². The molecule has 3 nitrogen and oxygen atoms in total. The van der Waals surface area contributed by atoms with E-state index in [4.69, 9.17) is 5.73 Å². The molecule has 0 fully saturated rings.